The summed E-state index contributed by atoms with van der Waals surface area (Å²) in [6.07, 6.45) is 0. The summed E-state index contributed by atoms with van der Waals surface area (Å²) in [5, 5.41) is 2.96. The van der Waals surface area contributed by atoms with E-state index in [0.29, 0.717) is 0 Å². The van der Waals surface area contributed by atoms with Crippen molar-refractivity contribution in [3.63, 3.8) is 0 Å². The number of imide groups is 1. The van der Waals surface area contributed by atoms with Crippen LogP contribution in [0.4, 0.5) is 4.79 Å². The van der Waals surface area contributed by atoms with Crippen LogP contribution in [0, 0.1) is 6.92 Å². The number of rotatable bonds is 4. The van der Waals surface area contributed by atoms with Gasteiger partial charge in [-0.2, -0.15) is 0 Å². The zero-order valence-corrected chi connectivity index (χ0v) is 14.8. The van der Waals surface area contributed by atoms with Crippen molar-refractivity contribution >= 4 is 11.9 Å². The first-order chi connectivity index (χ1) is 13.1. The fraction of sp³-hybridized carbons (Fsp3) is 0.0870. The average molecular weight is 355 g/mol. The maximum Gasteiger partial charge on any atom is 0.325 e. The molecule has 1 saturated heterocycles. The molecule has 0 atom stereocenters. The van der Waals surface area contributed by atoms with Crippen LogP contribution < -0.4 is 5.32 Å². The first-order valence-corrected chi connectivity index (χ1v) is 8.77. The molecule has 0 bridgehead atoms. The van der Waals surface area contributed by atoms with Gasteiger partial charge in [0, 0.05) is 0 Å². The van der Waals surface area contributed by atoms with Crippen molar-refractivity contribution in [2.75, 3.05) is 0 Å². The van der Waals surface area contributed by atoms with Crippen LogP contribution in [0.1, 0.15) is 22.3 Å². The Bertz CT molecular complexity index is 944. The van der Waals surface area contributed by atoms with Crippen LogP contribution >= 0.6 is 0 Å². The fourth-order valence-electron chi connectivity index (χ4n) is 3.56. The fourth-order valence-corrected chi connectivity index (χ4v) is 3.56. The SMILES string of the molecule is [CH2]c1cccc(CN2C(=O)NC(c3ccccc3)(c3ccccc3)C2=O)c1. The third-order valence-electron chi connectivity index (χ3n) is 4.85. The van der Waals surface area contributed by atoms with Crippen molar-refractivity contribution in [1.82, 2.24) is 10.2 Å². The van der Waals surface area contributed by atoms with E-state index in [1.165, 1.54) is 4.90 Å². The molecular weight excluding hydrogens is 336 g/mol. The number of amides is 3. The molecule has 1 N–H and O–H groups in total. The second-order valence-corrected chi connectivity index (χ2v) is 6.62. The van der Waals surface area contributed by atoms with Crippen molar-refractivity contribution in [1.29, 1.82) is 0 Å². The molecule has 4 heteroatoms. The summed E-state index contributed by atoms with van der Waals surface area (Å²) in [6.45, 7) is 4.12. The summed E-state index contributed by atoms with van der Waals surface area (Å²) in [5.41, 5.74) is 1.97. The first kappa shape index (κ1) is 17.0. The molecule has 133 valence electrons. The molecule has 0 aromatic heterocycles. The van der Waals surface area contributed by atoms with Gasteiger partial charge in [-0.3, -0.25) is 9.69 Å². The molecule has 1 fully saturated rings. The lowest BCUT2D eigenvalue weighted by molar-refractivity contribution is -0.130. The van der Waals surface area contributed by atoms with Crippen LogP contribution in [0.5, 0.6) is 0 Å². The van der Waals surface area contributed by atoms with Gasteiger partial charge in [0.25, 0.3) is 5.91 Å². The maximum atomic E-state index is 13.6. The van der Waals surface area contributed by atoms with Crippen molar-refractivity contribution < 1.29 is 9.59 Å². The van der Waals surface area contributed by atoms with Crippen molar-refractivity contribution in [2.24, 2.45) is 0 Å². The Hall–Kier alpha value is -3.40. The lowest BCUT2D eigenvalue weighted by Crippen LogP contribution is -2.45. The minimum absolute atomic E-state index is 0.204. The Morgan fingerprint density at radius 1 is 0.815 bits per heavy atom. The maximum absolute atomic E-state index is 13.6. The second kappa shape index (κ2) is 6.72. The lowest BCUT2D eigenvalue weighted by atomic mass is 9.82. The van der Waals surface area contributed by atoms with Gasteiger partial charge in [0.15, 0.2) is 5.54 Å². The predicted octanol–water partition coefficient (Wildman–Crippen LogP) is 3.86. The van der Waals surface area contributed by atoms with E-state index in [4.69, 9.17) is 0 Å². The Morgan fingerprint density at radius 3 is 1.96 bits per heavy atom. The molecule has 3 aromatic carbocycles. The summed E-state index contributed by atoms with van der Waals surface area (Å²) < 4.78 is 0. The summed E-state index contributed by atoms with van der Waals surface area (Å²) >= 11 is 0. The number of hydrogen-bond donors (Lipinski definition) is 1. The highest BCUT2D eigenvalue weighted by molar-refractivity contribution is 6.09. The zero-order chi connectivity index (χ0) is 18.9. The lowest BCUT2D eigenvalue weighted by Gasteiger charge is -2.28. The van der Waals surface area contributed by atoms with Crippen LogP contribution in [0.15, 0.2) is 84.9 Å². The number of nitrogens with one attached hydrogen (secondary N) is 1. The predicted molar refractivity (Wildman–Crippen MR) is 104 cm³/mol. The Balaban J connectivity index is 1.79. The summed E-state index contributed by atoms with van der Waals surface area (Å²) in [6, 6.07) is 25.8. The molecule has 0 unspecified atom stereocenters. The Morgan fingerprint density at radius 2 is 1.41 bits per heavy atom. The van der Waals surface area contributed by atoms with E-state index >= 15 is 0 Å². The highest BCUT2D eigenvalue weighted by Gasteiger charge is 2.53. The largest absolute Gasteiger partial charge is 0.325 e. The molecule has 1 heterocycles. The van der Waals surface area contributed by atoms with Crippen molar-refractivity contribution in [3.8, 4) is 0 Å². The van der Waals surface area contributed by atoms with Crippen molar-refractivity contribution in [2.45, 2.75) is 12.1 Å². The molecule has 0 saturated carbocycles. The van der Waals surface area contributed by atoms with Crippen LogP contribution in [-0.2, 0) is 16.9 Å². The van der Waals surface area contributed by atoms with Crippen molar-refractivity contribution in [3.05, 3.63) is 114 Å². The normalized spacial score (nSPS) is 15.7. The third-order valence-corrected chi connectivity index (χ3v) is 4.85. The van der Waals surface area contributed by atoms with E-state index in [1.54, 1.807) is 0 Å². The average Bonchev–Trinajstić information content (AvgIpc) is 2.95. The summed E-state index contributed by atoms with van der Waals surface area (Å²) in [5.74, 6) is -0.278. The van der Waals surface area contributed by atoms with E-state index in [0.717, 1.165) is 22.3 Å². The topological polar surface area (TPSA) is 49.4 Å². The standard InChI is InChI=1S/C23H19N2O2/c1-17-9-8-10-18(15-17)16-25-21(26)23(24-22(25)27,19-11-4-2-5-12-19)20-13-6-3-7-14-20/h2-15H,1,16H2,(H,24,27). The van der Waals surface area contributed by atoms with E-state index in [9.17, 15) is 9.59 Å². The summed E-state index contributed by atoms with van der Waals surface area (Å²) in [7, 11) is 0. The van der Waals surface area contributed by atoms with Gasteiger partial charge in [-0.15, -0.1) is 0 Å². The van der Waals surface area contributed by atoms with Gasteiger partial charge in [-0.25, -0.2) is 4.79 Å². The zero-order valence-electron chi connectivity index (χ0n) is 14.8. The third kappa shape index (κ3) is 2.89. The van der Waals surface area contributed by atoms with Gasteiger partial charge in [0.1, 0.15) is 0 Å². The second-order valence-electron chi connectivity index (χ2n) is 6.62. The minimum atomic E-state index is -1.22. The Kier molecular flexibility index (Phi) is 4.24. The van der Waals surface area contributed by atoms with Gasteiger partial charge in [-0.1, -0.05) is 84.9 Å². The molecule has 0 spiro atoms. The number of carbonyl (C=O) groups excluding carboxylic acids is 2. The smallest absolute Gasteiger partial charge is 0.315 e. The van der Waals surface area contributed by atoms with Crippen LogP contribution in [0.25, 0.3) is 0 Å². The number of urea groups is 1. The molecule has 1 aliphatic heterocycles. The number of carbonyl (C=O) groups is 2. The van der Waals surface area contributed by atoms with E-state index in [-0.39, 0.29) is 12.5 Å². The molecule has 27 heavy (non-hydrogen) atoms. The van der Waals surface area contributed by atoms with Gasteiger partial charge < -0.3 is 5.32 Å². The molecule has 1 aliphatic rings. The van der Waals surface area contributed by atoms with Gasteiger partial charge in [0.05, 0.1) is 6.54 Å². The summed E-state index contributed by atoms with van der Waals surface area (Å²) in [4.78, 5) is 27.6. The van der Waals surface area contributed by atoms with E-state index < -0.39 is 11.6 Å². The quantitative estimate of drug-likeness (QED) is 0.723. The molecule has 0 aliphatic carbocycles. The Labute approximate surface area is 158 Å². The van der Waals surface area contributed by atoms with Crippen LogP contribution in [0.3, 0.4) is 0 Å². The monoisotopic (exact) mass is 355 g/mol. The number of benzene rings is 3. The van der Waals surface area contributed by atoms with Crippen LogP contribution in [-0.4, -0.2) is 16.8 Å². The molecule has 3 amide bonds. The molecular formula is C23H19N2O2. The van der Waals surface area contributed by atoms with Gasteiger partial charge in [0.2, 0.25) is 0 Å². The van der Waals surface area contributed by atoms with Gasteiger partial charge >= 0.3 is 6.03 Å². The molecule has 4 nitrogen and oxygen atoms in total. The molecule has 1 radical (unpaired) electrons. The highest BCUT2D eigenvalue weighted by atomic mass is 16.2. The number of hydrogen-bond acceptors (Lipinski definition) is 2. The highest BCUT2D eigenvalue weighted by Crippen LogP contribution is 2.36. The molecule has 4 rings (SSSR count). The van der Waals surface area contributed by atoms with Crippen LogP contribution in [0.2, 0.25) is 0 Å². The molecule has 3 aromatic rings. The van der Waals surface area contributed by atoms with E-state index in [1.807, 2.05) is 84.9 Å². The van der Waals surface area contributed by atoms with E-state index in [2.05, 4.69) is 12.2 Å². The first-order valence-electron chi connectivity index (χ1n) is 8.77. The minimum Gasteiger partial charge on any atom is -0.315 e. The number of nitrogens with zero attached hydrogens (tertiary/aromatic N) is 1. The van der Waals surface area contributed by atoms with Gasteiger partial charge in [-0.05, 0) is 29.2 Å².